The molecule has 0 radical (unpaired) electrons. The van der Waals surface area contributed by atoms with Gasteiger partial charge in [0.2, 0.25) is 0 Å². The van der Waals surface area contributed by atoms with Gasteiger partial charge in [0.25, 0.3) is 0 Å². The molecule has 0 spiro atoms. The number of hydrogen-bond donors (Lipinski definition) is 0. The third-order valence-electron chi connectivity index (χ3n) is 2.68. The highest BCUT2D eigenvalue weighted by Crippen LogP contribution is 2.14. The van der Waals surface area contributed by atoms with Gasteiger partial charge in [-0.05, 0) is 42.7 Å². The lowest BCUT2D eigenvalue weighted by Gasteiger charge is -2.04. The summed E-state index contributed by atoms with van der Waals surface area (Å²) in [6, 6.07) is 7.83. The van der Waals surface area contributed by atoms with Crippen LogP contribution < -0.4 is 4.74 Å². The predicted octanol–water partition coefficient (Wildman–Crippen LogP) is 2.50. The fourth-order valence-electron chi connectivity index (χ4n) is 1.60. The summed E-state index contributed by atoms with van der Waals surface area (Å²) in [6.07, 6.45) is 3.06. The summed E-state index contributed by atoms with van der Waals surface area (Å²) in [5, 5.41) is 0. The smallest absolute Gasteiger partial charge is 0.306 e. The molecule has 1 aromatic rings. The Hall–Kier alpha value is -1.77. The van der Waals surface area contributed by atoms with Crippen molar-refractivity contribution in [1.29, 1.82) is 0 Å². The number of fused-ring (bicyclic) bond motifs is 9. The van der Waals surface area contributed by atoms with Gasteiger partial charge in [0.05, 0.1) is 0 Å². The summed E-state index contributed by atoms with van der Waals surface area (Å²) >= 11 is 0. The molecule has 0 fully saturated rings. The van der Waals surface area contributed by atoms with Crippen molar-refractivity contribution in [1.82, 2.24) is 0 Å². The molecule has 0 aliphatic carbocycles. The maximum absolute atomic E-state index is 11.5. The zero-order valence-corrected chi connectivity index (χ0v) is 9.94. The lowest BCUT2D eigenvalue weighted by Crippen LogP contribution is -2.08. The molecule has 3 heteroatoms. The second kappa shape index (κ2) is 5.53. The zero-order valence-electron chi connectivity index (χ0n) is 9.94. The monoisotopic (exact) mass is 232 g/mol. The summed E-state index contributed by atoms with van der Waals surface area (Å²) in [5.41, 5.74) is 2.13. The summed E-state index contributed by atoms with van der Waals surface area (Å²) in [6.45, 7) is 2.79. The summed E-state index contributed by atoms with van der Waals surface area (Å²) < 4.78 is 10.7. The molecule has 3 nitrogen and oxygen atoms in total. The molecular weight excluding hydrogens is 216 g/mol. The van der Waals surface area contributed by atoms with Crippen LogP contribution in [0.25, 0.3) is 0 Å². The van der Waals surface area contributed by atoms with Crippen LogP contribution in [-0.4, -0.2) is 19.2 Å². The Labute approximate surface area is 101 Å². The molecule has 3 rings (SSSR count). The summed E-state index contributed by atoms with van der Waals surface area (Å²) in [5.74, 6) is 0.700. The van der Waals surface area contributed by atoms with Gasteiger partial charge in [-0.25, -0.2) is 0 Å². The first-order valence-corrected chi connectivity index (χ1v) is 5.77. The van der Waals surface area contributed by atoms with Crippen LogP contribution in [0, 0.1) is 0 Å². The van der Waals surface area contributed by atoms with Gasteiger partial charge < -0.3 is 9.47 Å². The van der Waals surface area contributed by atoms with E-state index in [9.17, 15) is 4.79 Å². The van der Waals surface area contributed by atoms with Gasteiger partial charge in [0.1, 0.15) is 19.0 Å². The van der Waals surface area contributed by atoms with Crippen LogP contribution in [0.4, 0.5) is 0 Å². The number of aryl methyl sites for hydroxylation is 1. The number of carbonyl (C=O) groups is 1. The molecule has 90 valence electrons. The van der Waals surface area contributed by atoms with Gasteiger partial charge in [-0.1, -0.05) is 12.1 Å². The highest BCUT2D eigenvalue weighted by atomic mass is 16.5. The number of carbonyl (C=O) groups excluding carboxylic acids is 1. The van der Waals surface area contributed by atoms with Crippen LogP contribution in [0.3, 0.4) is 0 Å². The standard InChI is InChI=1S/C14H16O3/c1-11-8-9-16-13-5-2-12(3-6-13)4-7-14(15)17-10-11/h2-3,5-6,8H,4,7,9-10H2,1H3/b11-8-. The van der Waals surface area contributed by atoms with Crippen molar-refractivity contribution in [3.05, 3.63) is 41.5 Å². The molecule has 0 saturated carbocycles. The maximum Gasteiger partial charge on any atom is 0.306 e. The second-order valence-corrected chi connectivity index (χ2v) is 4.17. The van der Waals surface area contributed by atoms with E-state index in [1.165, 1.54) is 0 Å². The molecule has 0 N–H and O–H groups in total. The van der Waals surface area contributed by atoms with E-state index < -0.39 is 0 Å². The van der Waals surface area contributed by atoms with Crippen LogP contribution in [0.15, 0.2) is 35.9 Å². The van der Waals surface area contributed by atoms with Crippen LogP contribution in [0.5, 0.6) is 5.75 Å². The fraction of sp³-hybridized carbons (Fsp3) is 0.357. The summed E-state index contributed by atoms with van der Waals surface area (Å²) in [4.78, 5) is 11.5. The minimum Gasteiger partial charge on any atom is -0.490 e. The highest BCUT2D eigenvalue weighted by Gasteiger charge is 2.05. The first-order valence-electron chi connectivity index (χ1n) is 5.77. The molecule has 2 bridgehead atoms. The first-order chi connectivity index (χ1) is 8.24. The third-order valence-corrected chi connectivity index (χ3v) is 2.68. The van der Waals surface area contributed by atoms with E-state index in [0.717, 1.165) is 16.9 Å². The van der Waals surface area contributed by atoms with Gasteiger partial charge >= 0.3 is 5.97 Å². The predicted molar refractivity (Wildman–Crippen MR) is 65.0 cm³/mol. The van der Waals surface area contributed by atoms with Crippen molar-refractivity contribution >= 4 is 5.97 Å². The van der Waals surface area contributed by atoms with Crippen LogP contribution in [0.1, 0.15) is 18.9 Å². The van der Waals surface area contributed by atoms with E-state index in [4.69, 9.17) is 9.47 Å². The third kappa shape index (κ3) is 3.63. The van der Waals surface area contributed by atoms with Gasteiger partial charge in [-0.15, -0.1) is 0 Å². The van der Waals surface area contributed by atoms with Crippen molar-refractivity contribution in [3.8, 4) is 5.75 Å². The molecule has 0 aromatic heterocycles. The van der Waals surface area contributed by atoms with E-state index in [2.05, 4.69) is 0 Å². The molecule has 2 heterocycles. The Bertz CT molecular complexity index is 418. The van der Waals surface area contributed by atoms with Crippen molar-refractivity contribution in [2.45, 2.75) is 19.8 Å². The minimum absolute atomic E-state index is 0.151. The molecule has 2 aliphatic heterocycles. The molecule has 17 heavy (non-hydrogen) atoms. The normalized spacial score (nSPS) is 20.1. The molecule has 0 saturated heterocycles. The first kappa shape index (κ1) is 11.7. The van der Waals surface area contributed by atoms with Crippen molar-refractivity contribution in [2.24, 2.45) is 0 Å². The zero-order chi connectivity index (χ0) is 12.1. The Morgan fingerprint density at radius 2 is 1.82 bits per heavy atom. The van der Waals surface area contributed by atoms with Crippen molar-refractivity contribution in [2.75, 3.05) is 13.2 Å². The molecule has 1 aromatic carbocycles. The average Bonchev–Trinajstić information content (AvgIpc) is 2.36. The number of esters is 1. The van der Waals surface area contributed by atoms with Gasteiger partial charge in [-0.2, -0.15) is 0 Å². The fourth-order valence-corrected chi connectivity index (χ4v) is 1.60. The minimum atomic E-state index is -0.151. The van der Waals surface area contributed by atoms with Crippen molar-refractivity contribution < 1.29 is 14.3 Å². The molecule has 0 unspecified atom stereocenters. The lowest BCUT2D eigenvalue weighted by molar-refractivity contribution is -0.142. The van der Waals surface area contributed by atoms with E-state index in [0.29, 0.717) is 26.1 Å². The van der Waals surface area contributed by atoms with Crippen LogP contribution >= 0.6 is 0 Å². The average molecular weight is 232 g/mol. The van der Waals surface area contributed by atoms with Gasteiger partial charge in [0, 0.05) is 6.42 Å². The second-order valence-electron chi connectivity index (χ2n) is 4.17. The largest absolute Gasteiger partial charge is 0.490 e. The lowest BCUT2D eigenvalue weighted by atomic mass is 10.1. The van der Waals surface area contributed by atoms with Crippen LogP contribution in [0.2, 0.25) is 0 Å². The van der Waals surface area contributed by atoms with E-state index in [1.807, 2.05) is 37.3 Å². The Balaban J connectivity index is 2.14. The number of hydrogen-bond acceptors (Lipinski definition) is 3. The highest BCUT2D eigenvalue weighted by molar-refractivity contribution is 5.69. The van der Waals surface area contributed by atoms with Crippen LogP contribution in [-0.2, 0) is 16.0 Å². The number of ether oxygens (including phenoxy) is 2. The Kier molecular flexibility index (Phi) is 3.81. The molecule has 0 atom stereocenters. The number of benzene rings is 1. The van der Waals surface area contributed by atoms with E-state index in [-0.39, 0.29) is 5.97 Å². The molecule has 2 aliphatic rings. The van der Waals surface area contributed by atoms with Gasteiger partial charge in [0.15, 0.2) is 0 Å². The molecular formula is C14H16O3. The topological polar surface area (TPSA) is 35.5 Å². The van der Waals surface area contributed by atoms with Crippen molar-refractivity contribution in [3.63, 3.8) is 0 Å². The van der Waals surface area contributed by atoms with E-state index >= 15 is 0 Å². The molecule has 0 amide bonds. The number of rotatable bonds is 0. The maximum atomic E-state index is 11.5. The summed E-state index contributed by atoms with van der Waals surface area (Å²) in [7, 11) is 0. The SMILES string of the molecule is C/C1=C/COc2ccc(cc2)CCC(=O)OC1. The van der Waals surface area contributed by atoms with Gasteiger partial charge in [-0.3, -0.25) is 4.79 Å². The Morgan fingerprint density at radius 3 is 2.59 bits per heavy atom. The quantitative estimate of drug-likeness (QED) is 0.509. The Morgan fingerprint density at radius 1 is 1.06 bits per heavy atom. The van der Waals surface area contributed by atoms with E-state index in [1.54, 1.807) is 0 Å².